The molecule has 1 aromatic carbocycles. The van der Waals surface area contributed by atoms with E-state index in [9.17, 15) is 9.90 Å². The molecule has 4 N–H and O–H groups in total. The van der Waals surface area contributed by atoms with Gasteiger partial charge in [0.15, 0.2) is 0 Å². The summed E-state index contributed by atoms with van der Waals surface area (Å²) < 4.78 is 0. The van der Waals surface area contributed by atoms with Crippen LogP contribution in [0.5, 0.6) is 5.75 Å². The van der Waals surface area contributed by atoms with E-state index in [1.54, 1.807) is 13.0 Å². The first-order valence-corrected chi connectivity index (χ1v) is 6.77. The highest BCUT2D eigenvalue weighted by Crippen LogP contribution is 2.29. The number of thiophene rings is 1. The molecule has 19 heavy (non-hydrogen) atoms. The Morgan fingerprint density at radius 2 is 2.16 bits per heavy atom. The zero-order chi connectivity index (χ0) is 14.0. The van der Waals surface area contributed by atoms with Crippen molar-refractivity contribution in [2.24, 2.45) is 5.73 Å². The van der Waals surface area contributed by atoms with E-state index in [2.05, 4.69) is 5.32 Å². The van der Waals surface area contributed by atoms with E-state index in [-0.39, 0.29) is 11.7 Å². The van der Waals surface area contributed by atoms with Gasteiger partial charge in [-0.25, -0.2) is 0 Å². The van der Waals surface area contributed by atoms with Gasteiger partial charge in [-0.1, -0.05) is 12.1 Å². The lowest BCUT2D eigenvalue weighted by Gasteiger charge is -2.13. The quantitative estimate of drug-likeness (QED) is 0.754. The number of carbonyl (C=O) groups excluding carboxylic acids is 1. The standard InChI is InChI=1S/C14H16N2O2S/c1-8-6-9(2)13(17)10(7-8)16-14(18)12(15)11-4-3-5-19-11/h3-7,12,17H,15H2,1-2H3,(H,16,18). The Balaban J connectivity index is 2.20. The Kier molecular flexibility index (Phi) is 3.87. The predicted octanol–water partition coefficient (Wildman–Crippen LogP) is 2.71. The highest BCUT2D eigenvalue weighted by molar-refractivity contribution is 7.10. The molecule has 1 heterocycles. The van der Waals surface area contributed by atoms with Gasteiger partial charge in [-0.05, 0) is 42.5 Å². The number of phenols is 1. The third-order valence-corrected chi connectivity index (χ3v) is 3.79. The van der Waals surface area contributed by atoms with Crippen LogP contribution in [0.1, 0.15) is 22.0 Å². The van der Waals surface area contributed by atoms with Crippen LogP contribution in [0.2, 0.25) is 0 Å². The number of phenolic OH excluding ortho intramolecular Hbond substituents is 1. The summed E-state index contributed by atoms with van der Waals surface area (Å²) >= 11 is 1.43. The maximum Gasteiger partial charge on any atom is 0.246 e. The lowest BCUT2D eigenvalue weighted by atomic mass is 10.1. The zero-order valence-corrected chi connectivity index (χ0v) is 11.6. The number of aryl methyl sites for hydroxylation is 2. The third-order valence-electron chi connectivity index (χ3n) is 2.83. The molecule has 2 rings (SSSR count). The van der Waals surface area contributed by atoms with E-state index < -0.39 is 6.04 Å². The molecular formula is C14H16N2O2S. The number of benzene rings is 1. The lowest BCUT2D eigenvalue weighted by molar-refractivity contribution is -0.117. The van der Waals surface area contributed by atoms with Crippen molar-refractivity contribution in [2.75, 3.05) is 5.32 Å². The number of hydrogen-bond acceptors (Lipinski definition) is 4. The molecule has 1 unspecified atom stereocenters. The lowest BCUT2D eigenvalue weighted by Crippen LogP contribution is -2.27. The summed E-state index contributed by atoms with van der Waals surface area (Å²) in [5, 5.41) is 14.5. The number of hydrogen-bond donors (Lipinski definition) is 3. The van der Waals surface area contributed by atoms with Crippen molar-refractivity contribution in [3.63, 3.8) is 0 Å². The number of aromatic hydroxyl groups is 1. The normalized spacial score (nSPS) is 12.2. The minimum Gasteiger partial charge on any atom is -0.505 e. The molecule has 5 heteroatoms. The summed E-state index contributed by atoms with van der Waals surface area (Å²) in [7, 11) is 0. The molecule has 0 aliphatic carbocycles. The van der Waals surface area contributed by atoms with E-state index in [4.69, 9.17) is 5.73 Å². The van der Waals surface area contributed by atoms with Crippen molar-refractivity contribution >= 4 is 22.9 Å². The summed E-state index contributed by atoms with van der Waals surface area (Å²) in [4.78, 5) is 12.8. The number of rotatable bonds is 3. The van der Waals surface area contributed by atoms with Gasteiger partial charge >= 0.3 is 0 Å². The first-order valence-electron chi connectivity index (χ1n) is 5.89. The van der Waals surface area contributed by atoms with Crippen LogP contribution in [0.4, 0.5) is 5.69 Å². The molecule has 1 atom stereocenters. The fourth-order valence-corrected chi connectivity index (χ4v) is 2.59. The van der Waals surface area contributed by atoms with E-state index in [0.29, 0.717) is 5.69 Å². The highest BCUT2D eigenvalue weighted by Gasteiger charge is 2.18. The van der Waals surface area contributed by atoms with E-state index in [0.717, 1.165) is 16.0 Å². The molecule has 0 radical (unpaired) electrons. The number of nitrogens with one attached hydrogen (secondary N) is 1. The van der Waals surface area contributed by atoms with Gasteiger partial charge in [-0.2, -0.15) is 0 Å². The van der Waals surface area contributed by atoms with Gasteiger partial charge in [0, 0.05) is 4.88 Å². The van der Waals surface area contributed by atoms with Crippen molar-refractivity contribution in [3.8, 4) is 5.75 Å². The molecule has 0 fully saturated rings. The third kappa shape index (κ3) is 2.94. The van der Waals surface area contributed by atoms with E-state index in [1.807, 2.05) is 30.5 Å². The zero-order valence-electron chi connectivity index (χ0n) is 10.8. The Hall–Kier alpha value is -1.85. The Morgan fingerprint density at radius 1 is 1.42 bits per heavy atom. The topological polar surface area (TPSA) is 75.3 Å². The summed E-state index contributed by atoms with van der Waals surface area (Å²) in [5.74, 6) is -0.250. The van der Waals surface area contributed by atoms with Crippen molar-refractivity contribution in [2.45, 2.75) is 19.9 Å². The van der Waals surface area contributed by atoms with Crippen LogP contribution in [0.15, 0.2) is 29.6 Å². The molecular weight excluding hydrogens is 260 g/mol. The molecule has 4 nitrogen and oxygen atoms in total. The largest absolute Gasteiger partial charge is 0.505 e. The van der Waals surface area contributed by atoms with Gasteiger partial charge in [-0.15, -0.1) is 11.3 Å². The van der Waals surface area contributed by atoms with Crippen molar-refractivity contribution in [1.29, 1.82) is 0 Å². The molecule has 1 aromatic heterocycles. The SMILES string of the molecule is Cc1cc(C)c(O)c(NC(=O)C(N)c2cccs2)c1. The Bertz CT molecular complexity index is 594. The minimum atomic E-state index is -0.722. The average molecular weight is 276 g/mol. The molecule has 1 amide bonds. The maximum atomic E-state index is 12.0. The highest BCUT2D eigenvalue weighted by atomic mass is 32.1. The van der Waals surface area contributed by atoms with Gasteiger partial charge in [0.2, 0.25) is 5.91 Å². The molecule has 0 aliphatic heterocycles. The predicted molar refractivity (Wildman–Crippen MR) is 77.5 cm³/mol. The molecule has 0 spiro atoms. The molecule has 0 bridgehead atoms. The number of anilines is 1. The fourth-order valence-electron chi connectivity index (χ4n) is 1.86. The van der Waals surface area contributed by atoms with Crippen LogP contribution in [0.3, 0.4) is 0 Å². The second-order valence-corrected chi connectivity index (χ2v) is 5.44. The average Bonchev–Trinajstić information content (AvgIpc) is 2.88. The van der Waals surface area contributed by atoms with Gasteiger partial charge in [0.05, 0.1) is 5.69 Å². The first-order chi connectivity index (χ1) is 8.99. The van der Waals surface area contributed by atoms with Crippen LogP contribution < -0.4 is 11.1 Å². The minimum absolute atomic E-state index is 0.0809. The van der Waals surface area contributed by atoms with Crippen molar-refractivity contribution in [3.05, 3.63) is 45.6 Å². The summed E-state index contributed by atoms with van der Waals surface area (Å²) in [6.07, 6.45) is 0. The second-order valence-electron chi connectivity index (χ2n) is 4.46. The van der Waals surface area contributed by atoms with Gasteiger partial charge in [-0.3, -0.25) is 4.79 Å². The van der Waals surface area contributed by atoms with Gasteiger partial charge in [0.25, 0.3) is 0 Å². The van der Waals surface area contributed by atoms with E-state index >= 15 is 0 Å². The summed E-state index contributed by atoms with van der Waals surface area (Å²) in [6.45, 7) is 3.69. The number of amides is 1. The molecule has 0 aliphatic rings. The summed E-state index contributed by atoms with van der Waals surface area (Å²) in [5.41, 5.74) is 7.96. The molecule has 0 saturated carbocycles. The van der Waals surface area contributed by atoms with Crippen LogP contribution in [-0.4, -0.2) is 11.0 Å². The fraction of sp³-hybridized carbons (Fsp3) is 0.214. The summed E-state index contributed by atoms with van der Waals surface area (Å²) in [6, 6.07) is 6.52. The molecule has 100 valence electrons. The second kappa shape index (κ2) is 5.42. The van der Waals surface area contributed by atoms with E-state index in [1.165, 1.54) is 11.3 Å². The van der Waals surface area contributed by atoms with Crippen molar-refractivity contribution < 1.29 is 9.90 Å². The van der Waals surface area contributed by atoms with Crippen LogP contribution >= 0.6 is 11.3 Å². The van der Waals surface area contributed by atoms with Crippen LogP contribution in [-0.2, 0) is 4.79 Å². The number of carbonyl (C=O) groups is 1. The molecule has 2 aromatic rings. The van der Waals surface area contributed by atoms with Crippen LogP contribution in [0.25, 0.3) is 0 Å². The first kappa shape index (κ1) is 13.6. The Labute approximate surface area is 115 Å². The smallest absolute Gasteiger partial charge is 0.246 e. The van der Waals surface area contributed by atoms with Gasteiger partial charge in [0.1, 0.15) is 11.8 Å². The van der Waals surface area contributed by atoms with Crippen molar-refractivity contribution in [1.82, 2.24) is 0 Å². The molecule has 0 saturated heterocycles. The monoisotopic (exact) mass is 276 g/mol. The maximum absolute atomic E-state index is 12.0. The number of nitrogens with two attached hydrogens (primary N) is 1. The van der Waals surface area contributed by atoms with Crippen LogP contribution in [0, 0.1) is 13.8 Å². The van der Waals surface area contributed by atoms with Gasteiger partial charge < -0.3 is 16.2 Å². The Morgan fingerprint density at radius 3 is 2.79 bits per heavy atom.